The SMILES string of the molecule is CS[C@@H]1O[C@H](COC(C)=O)[C@@H](OC(C)=O)[C@H](OC(C)=O)[C@H]1OC(C)=O. The highest BCUT2D eigenvalue weighted by Gasteiger charge is 2.51. The van der Waals surface area contributed by atoms with Crippen LogP contribution in [0.25, 0.3) is 0 Å². The van der Waals surface area contributed by atoms with Crippen LogP contribution in [0, 0.1) is 0 Å². The molecule has 25 heavy (non-hydrogen) atoms. The summed E-state index contributed by atoms with van der Waals surface area (Å²) in [5.74, 6) is -2.45. The van der Waals surface area contributed by atoms with Crippen molar-refractivity contribution in [2.45, 2.75) is 57.5 Å². The van der Waals surface area contributed by atoms with E-state index in [1.165, 1.54) is 39.5 Å². The molecule has 0 radical (unpaired) electrons. The van der Waals surface area contributed by atoms with Gasteiger partial charge in [-0.2, -0.15) is 0 Å². The number of hydrogen-bond acceptors (Lipinski definition) is 10. The molecule has 1 aliphatic heterocycles. The van der Waals surface area contributed by atoms with E-state index in [4.69, 9.17) is 23.7 Å². The van der Waals surface area contributed by atoms with Gasteiger partial charge in [-0.05, 0) is 6.26 Å². The molecule has 1 saturated heterocycles. The highest BCUT2D eigenvalue weighted by atomic mass is 32.2. The van der Waals surface area contributed by atoms with Gasteiger partial charge in [-0.1, -0.05) is 0 Å². The van der Waals surface area contributed by atoms with Crippen molar-refractivity contribution in [3.05, 3.63) is 0 Å². The first kappa shape index (κ1) is 21.2. The Kier molecular flexibility index (Phi) is 8.17. The zero-order chi connectivity index (χ0) is 19.1. The van der Waals surface area contributed by atoms with Crippen LogP contribution in [0.4, 0.5) is 0 Å². The van der Waals surface area contributed by atoms with Gasteiger partial charge in [-0.25, -0.2) is 0 Å². The predicted molar refractivity (Wildman–Crippen MR) is 85.5 cm³/mol. The van der Waals surface area contributed by atoms with Crippen molar-refractivity contribution in [1.82, 2.24) is 0 Å². The summed E-state index contributed by atoms with van der Waals surface area (Å²) in [6.45, 7) is 4.57. The summed E-state index contributed by atoms with van der Waals surface area (Å²) in [7, 11) is 0. The summed E-state index contributed by atoms with van der Waals surface area (Å²) >= 11 is 1.21. The number of thioether (sulfide) groups is 1. The first-order valence-electron chi connectivity index (χ1n) is 7.49. The molecule has 0 aromatic carbocycles. The Hall–Kier alpha value is -1.81. The van der Waals surface area contributed by atoms with E-state index in [1.807, 2.05) is 0 Å². The maximum Gasteiger partial charge on any atom is 0.303 e. The van der Waals surface area contributed by atoms with Crippen LogP contribution in [0.3, 0.4) is 0 Å². The minimum atomic E-state index is -1.10. The summed E-state index contributed by atoms with van der Waals surface area (Å²) in [4.78, 5) is 45.5. The molecule has 9 nitrogen and oxygen atoms in total. The van der Waals surface area contributed by atoms with Gasteiger partial charge in [0.25, 0.3) is 0 Å². The molecule has 142 valence electrons. The number of ether oxygens (including phenoxy) is 5. The smallest absolute Gasteiger partial charge is 0.303 e. The van der Waals surface area contributed by atoms with Gasteiger partial charge < -0.3 is 23.7 Å². The number of carbonyl (C=O) groups excluding carboxylic acids is 4. The average Bonchev–Trinajstić information content (AvgIpc) is 2.48. The molecule has 5 atom stereocenters. The van der Waals surface area contributed by atoms with E-state index in [2.05, 4.69) is 0 Å². The zero-order valence-corrected chi connectivity index (χ0v) is 15.5. The molecule has 0 aliphatic carbocycles. The fraction of sp³-hybridized carbons (Fsp3) is 0.733. The third kappa shape index (κ3) is 6.54. The van der Waals surface area contributed by atoms with Gasteiger partial charge in [-0.3, -0.25) is 19.2 Å². The van der Waals surface area contributed by atoms with Crippen LogP contribution < -0.4 is 0 Å². The van der Waals surface area contributed by atoms with Crippen molar-refractivity contribution >= 4 is 35.6 Å². The Labute approximate surface area is 149 Å². The Morgan fingerprint density at radius 3 is 1.72 bits per heavy atom. The van der Waals surface area contributed by atoms with Crippen molar-refractivity contribution < 1.29 is 42.9 Å². The van der Waals surface area contributed by atoms with Crippen molar-refractivity contribution in [2.75, 3.05) is 12.9 Å². The first-order valence-corrected chi connectivity index (χ1v) is 8.77. The predicted octanol–water partition coefficient (Wildman–Crippen LogP) is 0.432. The van der Waals surface area contributed by atoms with Crippen LogP contribution in [0.15, 0.2) is 0 Å². The van der Waals surface area contributed by atoms with Crippen LogP contribution in [0.5, 0.6) is 0 Å². The molecule has 0 aromatic heterocycles. The van der Waals surface area contributed by atoms with Gasteiger partial charge in [-0.15, -0.1) is 11.8 Å². The lowest BCUT2D eigenvalue weighted by atomic mass is 9.99. The van der Waals surface area contributed by atoms with Gasteiger partial charge in [0.05, 0.1) is 0 Å². The fourth-order valence-corrected chi connectivity index (χ4v) is 3.11. The minimum absolute atomic E-state index is 0.213. The summed E-state index contributed by atoms with van der Waals surface area (Å²) < 4.78 is 26.4. The number of esters is 4. The largest absolute Gasteiger partial charge is 0.463 e. The maximum atomic E-state index is 11.5. The second-order valence-electron chi connectivity index (χ2n) is 5.30. The summed E-state index contributed by atoms with van der Waals surface area (Å²) in [5.41, 5.74) is -0.708. The van der Waals surface area contributed by atoms with Crippen LogP contribution in [0.1, 0.15) is 27.7 Å². The minimum Gasteiger partial charge on any atom is -0.463 e. The zero-order valence-electron chi connectivity index (χ0n) is 14.7. The highest BCUT2D eigenvalue weighted by Crippen LogP contribution is 2.33. The summed E-state index contributed by atoms with van der Waals surface area (Å²) in [6.07, 6.45) is -2.37. The molecule has 0 spiro atoms. The Morgan fingerprint density at radius 1 is 0.800 bits per heavy atom. The van der Waals surface area contributed by atoms with Gasteiger partial charge in [0, 0.05) is 27.7 Å². The van der Waals surface area contributed by atoms with E-state index in [0.29, 0.717) is 0 Å². The van der Waals surface area contributed by atoms with Crippen molar-refractivity contribution in [3.63, 3.8) is 0 Å². The molecule has 0 N–H and O–H groups in total. The topological polar surface area (TPSA) is 114 Å². The van der Waals surface area contributed by atoms with Crippen molar-refractivity contribution in [1.29, 1.82) is 0 Å². The summed E-state index contributed by atoms with van der Waals surface area (Å²) in [5, 5.41) is 0. The first-order chi connectivity index (χ1) is 11.6. The Morgan fingerprint density at radius 2 is 1.28 bits per heavy atom. The molecule has 1 heterocycles. The molecule has 0 amide bonds. The van der Waals surface area contributed by atoms with Crippen LogP contribution in [0.2, 0.25) is 0 Å². The summed E-state index contributed by atoms with van der Waals surface area (Å²) in [6, 6.07) is 0. The van der Waals surface area contributed by atoms with E-state index in [-0.39, 0.29) is 6.61 Å². The van der Waals surface area contributed by atoms with Crippen LogP contribution in [-0.2, 0) is 42.9 Å². The molecule has 1 aliphatic rings. The molecule has 0 unspecified atom stereocenters. The lowest BCUT2D eigenvalue weighted by molar-refractivity contribution is -0.237. The third-order valence-electron chi connectivity index (χ3n) is 3.18. The second-order valence-corrected chi connectivity index (χ2v) is 6.24. The molecule has 10 heteroatoms. The monoisotopic (exact) mass is 378 g/mol. The molecule has 1 rings (SSSR count). The maximum absolute atomic E-state index is 11.5. The van der Waals surface area contributed by atoms with Crippen molar-refractivity contribution in [3.8, 4) is 0 Å². The lowest BCUT2D eigenvalue weighted by Crippen LogP contribution is -2.61. The van der Waals surface area contributed by atoms with E-state index in [1.54, 1.807) is 6.26 Å². The second kappa shape index (κ2) is 9.62. The fourth-order valence-electron chi connectivity index (χ4n) is 2.38. The number of hydrogen-bond donors (Lipinski definition) is 0. The average molecular weight is 378 g/mol. The normalized spacial score (nSPS) is 28.6. The van der Waals surface area contributed by atoms with Gasteiger partial charge in [0.15, 0.2) is 18.3 Å². The van der Waals surface area contributed by atoms with E-state index >= 15 is 0 Å². The van der Waals surface area contributed by atoms with Crippen LogP contribution >= 0.6 is 11.8 Å². The molecule has 1 fully saturated rings. The van der Waals surface area contributed by atoms with E-state index in [9.17, 15) is 19.2 Å². The molecule has 0 bridgehead atoms. The highest BCUT2D eigenvalue weighted by molar-refractivity contribution is 7.99. The Bertz CT molecular complexity index is 521. The molecular formula is C15H22O9S. The van der Waals surface area contributed by atoms with E-state index in [0.717, 1.165) is 0 Å². The number of rotatable bonds is 6. The van der Waals surface area contributed by atoms with Gasteiger partial charge in [0.1, 0.15) is 18.1 Å². The van der Waals surface area contributed by atoms with E-state index < -0.39 is 53.7 Å². The van der Waals surface area contributed by atoms with Crippen LogP contribution in [-0.4, -0.2) is 66.6 Å². The third-order valence-corrected chi connectivity index (χ3v) is 4.02. The Balaban J connectivity index is 3.18. The molecular weight excluding hydrogens is 356 g/mol. The van der Waals surface area contributed by atoms with Gasteiger partial charge >= 0.3 is 23.9 Å². The molecule has 0 saturated carbocycles. The van der Waals surface area contributed by atoms with Gasteiger partial charge in [0.2, 0.25) is 0 Å². The molecule has 0 aromatic rings. The quantitative estimate of drug-likeness (QED) is 0.476. The lowest BCUT2D eigenvalue weighted by Gasteiger charge is -2.43. The standard InChI is InChI=1S/C15H22O9S/c1-7(16)20-6-11-12(21-8(2)17)13(22-9(3)18)14(23-10(4)19)15(24-11)25-5/h11-15H,6H2,1-5H3/t11-,12-,13+,14-,15+/m1/s1. The number of carbonyl (C=O) groups is 4. The van der Waals surface area contributed by atoms with Crippen molar-refractivity contribution in [2.24, 2.45) is 0 Å².